The molecule has 0 bridgehead atoms. The fraction of sp³-hybridized carbons (Fsp3) is 0.214. The SMILES string of the molecule is O=C(NCCc1cc(C(=O)O)n[nH]1)OCc1ccccc1. The summed E-state index contributed by atoms with van der Waals surface area (Å²) in [5.74, 6) is -1.09. The van der Waals surface area contributed by atoms with Gasteiger partial charge in [-0.1, -0.05) is 30.3 Å². The summed E-state index contributed by atoms with van der Waals surface area (Å²) in [4.78, 5) is 22.1. The number of amides is 1. The minimum atomic E-state index is -1.09. The number of carbonyl (C=O) groups excluding carboxylic acids is 1. The number of nitrogens with zero attached hydrogens (tertiary/aromatic N) is 1. The van der Waals surface area contributed by atoms with Crippen molar-refractivity contribution in [3.63, 3.8) is 0 Å². The van der Waals surface area contributed by atoms with E-state index < -0.39 is 12.1 Å². The Morgan fingerprint density at radius 1 is 1.29 bits per heavy atom. The van der Waals surface area contributed by atoms with Gasteiger partial charge in [-0.15, -0.1) is 0 Å². The first-order valence-corrected chi connectivity index (χ1v) is 6.37. The summed E-state index contributed by atoms with van der Waals surface area (Å²) < 4.78 is 5.04. The monoisotopic (exact) mass is 289 g/mol. The van der Waals surface area contributed by atoms with Gasteiger partial charge in [0.2, 0.25) is 0 Å². The Hall–Kier alpha value is -2.83. The van der Waals surface area contributed by atoms with Gasteiger partial charge in [0.25, 0.3) is 0 Å². The van der Waals surface area contributed by atoms with Crippen molar-refractivity contribution in [1.29, 1.82) is 0 Å². The zero-order chi connectivity index (χ0) is 15.1. The summed E-state index contributed by atoms with van der Waals surface area (Å²) in [5, 5.41) is 17.5. The van der Waals surface area contributed by atoms with Gasteiger partial charge >= 0.3 is 12.1 Å². The van der Waals surface area contributed by atoms with E-state index in [-0.39, 0.29) is 12.3 Å². The van der Waals surface area contributed by atoms with Crippen LogP contribution >= 0.6 is 0 Å². The summed E-state index contributed by atoms with van der Waals surface area (Å²) >= 11 is 0. The van der Waals surface area contributed by atoms with Gasteiger partial charge in [0.05, 0.1) is 0 Å². The van der Waals surface area contributed by atoms with Crippen molar-refractivity contribution in [2.24, 2.45) is 0 Å². The Kier molecular flexibility index (Phi) is 4.92. The molecule has 3 N–H and O–H groups in total. The van der Waals surface area contributed by atoms with Gasteiger partial charge in [-0.25, -0.2) is 9.59 Å². The molecule has 0 aliphatic rings. The highest BCUT2D eigenvalue weighted by molar-refractivity contribution is 5.85. The second-order valence-corrected chi connectivity index (χ2v) is 4.32. The lowest BCUT2D eigenvalue weighted by Gasteiger charge is -2.06. The van der Waals surface area contributed by atoms with Crippen molar-refractivity contribution in [1.82, 2.24) is 15.5 Å². The molecule has 0 aliphatic carbocycles. The van der Waals surface area contributed by atoms with Crippen molar-refractivity contribution >= 4 is 12.1 Å². The van der Waals surface area contributed by atoms with E-state index in [1.54, 1.807) is 0 Å². The minimum absolute atomic E-state index is 0.0448. The van der Waals surface area contributed by atoms with Crippen LogP contribution in [0, 0.1) is 0 Å². The molecular weight excluding hydrogens is 274 g/mol. The average Bonchev–Trinajstić information content (AvgIpc) is 2.95. The highest BCUT2D eigenvalue weighted by Gasteiger charge is 2.08. The van der Waals surface area contributed by atoms with Crippen molar-refractivity contribution in [3.8, 4) is 0 Å². The number of hydrogen-bond donors (Lipinski definition) is 3. The van der Waals surface area contributed by atoms with Crippen LogP contribution in [-0.4, -0.2) is 33.9 Å². The molecule has 0 radical (unpaired) electrons. The Bertz CT molecular complexity index is 610. The Balaban J connectivity index is 1.68. The van der Waals surface area contributed by atoms with Crippen molar-refractivity contribution in [3.05, 3.63) is 53.3 Å². The first kappa shape index (κ1) is 14.6. The van der Waals surface area contributed by atoms with Crippen LogP contribution in [0.3, 0.4) is 0 Å². The number of H-pyrrole nitrogens is 1. The van der Waals surface area contributed by atoms with Crippen LogP contribution in [0.5, 0.6) is 0 Å². The molecule has 2 rings (SSSR count). The van der Waals surface area contributed by atoms with Crippen molar-refractivity contribution < 1.29 is 19.4 Å². The van der Waals surface area contributed by atoms with Gasteiger partial charge in [0, 0.05) is 18.7 Å². The number of aromatic amines is 1. The maximum Gasteiger partial charge on any atom is 0.407 e. The maximum atomic E-state index is 11.5. The molecular formula is C14H15N3O4. The number of hydrogen-bond acceptors (Lipinski definition) is 4. The van der Waals surface area contributed by atoms with E-state index in [0.29, 0.717) is 18.7 Å². The third kappa shape index (κ3) is 4.64. The lowest BCUT2D eigenvalue weighted by atomic mass is 10.2. The van der Waals surface area contributed by atoms with Crippen LogP contribution in [-0.2, 0) is 17.8 Å². The molecule has 1 aromatic heterocycles. The number of alkyl carbamates (subject to hydrolysis) is 1. The second kappa shape index (κ2) is 7.09. The molecule has 0 fully saturated rings. The predicted molar refractivity (Wildman–Crippen MR) is 73.9 cm³/mol. The molecule has 1 aromatic carbocycles. The van der Waals surface area contributed by atoms with Crippen LogP contribution in [0.2, 0.25) is 0 Å². The van der Waals surface area contributed by atoms with Gasteiger partial charge in [-0.2, -0.15) is 5.10 Å². The molecule has 0 unspecified atom stereocenters. The normalized spacial score (nSPS) is 10.1. The summed E-state index contributed by atoms with van der Waals surface area (Å²) in [6, 6.07) is 10.8. The number of rotatable bonds is 6. The van der Waals surface area contributed by atoms with E-state index >= 15 is 0 Å². The van der Waals surface area contributed by atoms with E-state index in [4.69, 9.17) is 9.84 Å². The second-order valence-electron chi connectivity index (χ2n) is 4.32. The molecule has 7 heteroatoms. The number of carbonyl (C=O) groups is 2. The third-order valence-corrected chi connectivity index (χ3v) is 2.73. The number of aromatic nitrogens is 2. The largest absolute Gasteiger partial charge is 0.476 e. The first-order valence-electron chi connectivity index (χ1n) is 6.37. The summed E-state index contributed by atoms with van der Waals surface area (Å²) in [6.45, 7) is 0.536. The van der Waals surface area contributed by atoms with E-state index in [1.807, 2.05) is 30.3 Å². The van der Waals surface area contributed by atoms with E-state index in [1.165, 1.54) is 6.07 Å². The van der Waals surface area contributed by atoms with Crippen LogP contribution in [0.25, 0.3) is 0 Å². The quantitative estimate of drug-likeness (QED) is 0.749. The van der Waals surface area contributed by atoms with E-state index in [0.717, 1.165) is 5.56 Å². The van der Waals surface area contributed by atoms with Crippen molar-refractivity contribution in [2.75, 3.05) is 6.54 Å². The zero-order valence-electron chi connectivity index (χ0n) is 11.2. The average molecular weight is 289 g/mol. The molecule has 2 aromatic rings. The maximum absolute atomic E-state index is 11.5. The van der Waals surface area contributed by atoms with Gasteiger partial charge in [0.1, 0.15) is 6.61 Å². The van der Waals surface area contributed by atoms with Crippen molar-refractivity contribution in [2.45, 2.75) is 13.0 Å². The van der Waals surface area contributed by atoms with Gasteiger partial charge in [-0.3, -0.25) is 5.10 Å². The molecule has 1 heterocycles. The molecule has 0 saturated carbocycles. The van der Waals surface area contributed by atoms with Gasteiger partial charge in [0.15, 0.2) is 5.69 Å². The molecule has 0 atom stereocenters. The molecule has 0 spiro atoms. The van der Waals surface area contributed by atoms with E-state index in [9.17, 15) is 9.59 Å². The van der Waals surface area contributed by atoms with Crippen LogP contribution in [0.15, 0.2) is 36.4 Å². The number of benzene rings is 1. The zero-order valence-corrected chi connectivity index (χ0v) is 11.2. The fourth-order valence-electron chi connectivity index (χ4n) is 1.67. The summed E-state index contributed by atoms with van der Waals surface area (Å²) in [5.41, 5.74) is 1.50. The Labute approximate surface area is 120 Å². The van der Waals surface area contributed by atoms with Crippen LogP contribution < -0.4 is 5.32 Å². The minimum Gasteiger partial charge on any atom is -0.476 e. The highest BCUT2D eigenvalue weighted by atomic mass is 16.5. The molecule has 7 nitrogen and oxygen atoms in total. The molecule has 0 saturated heterocycles. The predicted octanol–water partition coefficient (Wildman–Crippen LogP) is 1.58. The lowest BCUT2D eigenvalue weighted by molar-refractivity contribution is 0.0690. The fourth-order valence-corrected chi connectivity index (χ4v) is 1.67. The Morgan fingerprint density at radius 2 is 2.05 bits per heavy atom. The first-order chi connectivity index (χ1) is 10.1. The topological polar surface area (TPSA) is 104 Å². The Morgan fingerprint density at radius 3 is 2.71 bits per heavy atom. The summed E-state index contributed by atoms with van der Waals surface area (Å²) in [7, 11) is 0. The summed E-state index contributed by atoms with van der Waals surface area (Å²) in [6.07, 6.45) is -0.0717. The van der Waals surface area contributed by atoms with Crippen LogP contribution in [0.1, 0.15) is 21.7 Å². The standard InChI is InChI=1S/C14H15N3O4/c18-13(19)12-8-11(16-17-12)6-7-15-14(20)21-9-10-4-2-1-3-5-10/h1-5,8H,6-7,9H2,(H,15,20)(H,16,17)(H,18,19). The molecule has 0 aliphatic heterocycles. The lowest BCUT2D eigenvalue weighted by Crippen LogP contribution is -2.26. The smallest absolute Gasteiger partial charge is 0.407 e. The highest BCUT2D eigenvalue weighted by Crippen LogP contribution is 2.01. The number of nitrogens with one attached hydrogen (secondary N) is 2. The van der Waals surface area contributed by atoms with Crippen LogP contribution in [0.4, 0.5) is 4.79 Å². The van der Waals surface area contributed by atoms with E-state index in [2.05, 4.69) is 15.5 Å². The molecule has 110 valence electrons. The third-order valence-electron chi connectivity index (χ3n) is 2.73. The van der Waals surface area contributed by atoms with Gasteiger partial charge in [-0.05, 0) is 11.6 Å². The number of carboxylic acid groups (broad SMARTS) is 1. The number of aromatic carboxylic acids is 1. The number of ether oxygens (including phenoxy) is 1. The van der Waals surface area contributed by atoms with Gasteiger partial charge < -0.3 is 15.2 Å². The number of carboxylic acids is 1. The molecule has 1 amide bonds. The molecule has 21 heavy (non-hydrogen) atoms.